The molecule has 1 atom stereocenters. The van der Waals surface area contributed by atoms with Gasteiger partial charge in [-0.15, -0.1) is 0 Å². The van der Waals surface area contributed by atoms with Crippen LogP contribution in [0.15, 0.2) is 59.2 Å². The number of aromatic nitrogens is 1. The Kier molecular flexibility index (Phi) is 4.66. The molecule has 1 fully saturated rings. The molecule has 2 heterocycles. The smallest absolute Gasteiger partial charge is 0.325 e. The number of nitrogens with one attached hydrogen (secondary N) is 1. The summed E-state index contributed by atoms with van der Waals surface area (Å²) < 4.78 is 18.8. The first kappa shape index (κ1) is 18.9. The van der Waals surface area contributed by atoms with E-state index in [0.29, 0.717) is 23.6 Å². The molecular formula is C22H20FN3O3. The molecule has 0 spiro atoms. The average Bonchev–Trinajstić information content (AvgIpc) is 3.28. The third kappa shape index (κ3) is 3.29. The molecule has 0 saturated carbocycles. The number of amides is 3. The molecule has 0 radical (unpaired) electrons. The Labute approximate surface area is 167 Å². The molecular weight excluding hydrogens is 373 g/mol. The van der Waals surface area contributed by atoms with Crippen molar-refractivity contribution in [2.45, 2.75) is 32.4 Å². The number of oxazole rings is 1. The number of rotatable bonds is 5. The molecule has 1 unspecified atom stereocenters. The molecule has 1 N–H and O–H groups in total. The van der Waals surface area contributed by atoms with E-state index in [9.17, 15) is 14.0 Å². The summed E-state index contributed by atoms with van der Waals surface area (Å²) in [5, 5.41) is 2.77. The number of imide groups is 1. The molecule has 4 rings (SSSR count). The van der Waals surface area contributed by atoms with Crippen LogP contribution in [-0.4, -0.2) is 21.8 Å². The fourth-order valence-corrected chi connectivity index (χ4v) is 3.51. The topological polar surface area (TPSA) is 75.4 Å². The Balaban J connectivity index is 1.58. The van der Waals surface area contributed by atoms with Crippen LogP contribution in [0.1, 0.15) is 30.2 Å². The van der Waals surface area contributed by atoms with Crippen LogP contribution in [0, 0.1) is 12.7 Å². The summed E-state index contributed by atoms with van der Waals surface area (Å²) in [5.41, 5.74) is 1.73. The van der Waals surface area contributed by atoms with E-state index in [1.165, 1.54) is 30.5 Å². The van der Waals surface area contributed by atoms with Gasteiger partial charge in [-0.1, -0.05) is 36.8 Å². The summed E-state index contributed by atoms with van der Waals surface area (Å²) in [6.45, 7) is 3.78. The number of benzene rings is 2. The Bertz CT molecular complexity index is 1060. The van der Waals surface area contributed by atoms with E-state index in [1.807, 2.05) is 31.2 Å². The van der Waals surface area contributed by atoms with Gasteiger partial charge < -0.3 is 9.73 Å². The highest BCUT2D eigenvalue weighted by Gasteiger charge is 2.51. The zero-order valence-corrected chi connectivity index (χ0v) is 16.1. The zero-order valence-electron chi connectivity index (χ0n) is 16.1. The number of halogens is 1. The predicted octanol–water partition coefficient (Wildman–Crippen LogP) is 4.15. The van der Waals surface area contributed by atoms with E-state index in [4.69, 9.17) is 4.42 Å². The number of carbonyl (C=O) groups excluding carboxylic acids is 2. The first-order valence-corrected chi connectivity index (χ1v) is 9.34. The lowest BCUT2D eigenvalue weighted by molar-refractivity contribution is -0.132. The molecule has 1 saturated heterocycles. The lowest BCUT2D eigenvalue weighted by Crippen LogP contribution is -2.43. The van der Waals surface area contributed by atoms with Gasteiger partial charge in [0.05, 0.1) is 12.2 Å². The second-order valence-electron chi connectivity index (χ2n) is 7.10. The second-order valence-corrected chi connectivity index (χ2v) is 7.10. The third-order valence-electron chi connectivity index (χ3n) is 5.21. The van der Waals surface area contributed by atoms with Gasteiger partial charge in [0.2, 0.25) is 5.89 Å². The van der Waals surface area contributed by atoms with Crippen molar-refractivity contribution in [2.24, 2.45) is 0 Å². The number of urea groups is 1. The van der Waals surface area contributed by atoms with Gasteiger partial charge in [0.25, 0.3) is 5.91 Å². The molecule has 1 aliphatic heterocycles. The first-order valence-electron chi connectivity index (χ1n) is 9.34. The van der Waals surface area contributed by atoms with Crippen LogP contribution < -0.4 is 5.32 Å². The van der Waals surface area contributed by atoms with Gasteiger partial charge in [0, 0.05) is 5.56 Å². The molecule has 0 bridgehead atoms. The summed E-state index contributed by atoms with van der Waals surface area (Å²) in [5.74, 6) is -0.372. The highest BCUT2D eigenvalue weighted by atomic mass is 19.1. The molecule has 6 nitrogen and oxygen atoms in total. The van der Waals surface area contributed by atoms with E-state index in [2.05, 4.69) is 10.3 Å². The SMILES string of the molecule is CCC1(c2ccc(F)cc2)NC(=O)N(Cc2coc(-c3ccc(C)cc3)n2)C1=O. The monoisotopic (exact) mass is 393 g/mol. The third-order valence-corrected chi connectivity index (χ3v) is 5.21. The maximum atomic E-state index is 13.3. The maximum Gasteiger partial charge on any atom is 0.325 e. The van der Waals surface area contributed by atoms with Crippen LogP contribution in [0.2, 0.25) is 0 Å². The van der Waals surface area contributed by atoms with Crippen molar-refractivity contribution in [3.8, 4) is 11.5 Å². The fourth-order valence-electron chi connectivity index (χ4n) is 3.51. The van der Waals surface area contributed by atoms with Crippen LogP contribution in [0.4, 0.5) is 9.18 Å². The minimum atomic E-state index is -1.21. The van der Waals surface area contributed by atoms with E-state index in [-0.39, 0.29) is 6.54 Å². The van der Waals surface area contributed by atoms with Crippen molar-refractivity contribution < 1.29 is 18.4 Å². The highest BCUT2D eigenvalue weighted by molar-refractivity contribution is 6.07. The van der Waals surface area contributed by atoms with Crippen LogP contribution in [0.25, 0.3) is 11.5 Å². The number of aryl methyl sites for hydroxylation is 1. The van der Waals surface area contributed by atoms with Crippen molar-refractivity contribution in [2.75, 3.05) is 0 Å². The van der Waals surface area contributed by atoms with Crippen LogP contribution in [-0.2, 0) is 16.9 Å². The molecule has 29 heavy (non-hydrogen) atoms. The number of nitrogens with zero attached hydrogens (tertiary/aromatic N) is 2. The van der Waals surface area contributed by atoms with Crippen molar-refractivity contribution in [3.05, 3.63) is 77.4 Å². The van der Waals surface area contributed by atoms with Crippen LogP contribution >= 0.6 is 0 Å². The first-order chi connectivity index (χ1) is 13.9. The van der Waals surface area contributed by atoms with Gasteiger partial charge in [-0.2, -0.15) is 0 Å². The minimum Gasteiger partial charge on any atom is -0.444 e. The van der Waals surface area contributed by atoms with Gasteiger partial charge in [0.1, 0.15) is 17.6 Å². The van der Waals surface area contributed by atoms with E-state index < -0.39 is 23.3 Å². The van der Waals surface area contributed by atoms with Crippen LogP contribution in [0.3, 0.4) is 0 Å². The number of hydrogen-bond acceptors (Lipinski definition) is 4. The quantitative estimate of drug-likeness (QED) is 0.661. The Hall–Kier alpha value is -3.48. The lowest BCUT2D eigenvalue weighted by atomic mass is 9.87. The highest BCUT2D eigenvalue weighted by Crippen LogP contribution is 2.33. The summed E-state index contributed by atoms with van der Waals surface area (Å²) in [6.07, 6.45) is 1.78. The van der Waals surface area contributed by atoms with Gasteiger partial charge in [-0.25, -0.2) is 14.2 Å². The fraction of sp³-hybridized carbons (Fsp3) is 0.227. The van der Waals surface area contributed by atoms with E-state index >= 15 is 0 Å². The van der Waals surface area contributed by atoms with E-state index in [0.717, 1.165) is 16.0 Å². The average molecular weight is 393 g/mol. The van der Waals surface area contributed by atoms with Crippen molar-refractivity contribution in [3.63, 3.8) is 0 Å². The van der Waals surface area contributed by atoms with E-state index in [1.54, 1.807) is 6.92 Å². The second kappa shape index (κ2) is 7.16. The number of hydrogen-bond donors (Lipinski definition) is 1. The van der Waals surface area contributed by atoms with Gasteiger partial charge >= 0.3 is 6.03 Å². The molecule has 0 aliphatic carbocycles. The molecule has 2 aromatic carbocycles. The van der Waals surface area contributed by atoms with Crippen LogP contribution in [0.5, 0.6) is 0 Å². The Morgan fingerprint density at radius 2 is 1.79 bits per heavy atom. The standard InChI is InChI=1S/C22H20FN3O3/c1-3-22(16-8-10-17(23)11-9-16)20(27)26(21(28)25-22)12-18-13-29-19(24-18)15-6-4-14(2)5-7-15/h4-11,13H,3,12H2,1-2H3,(H,25,28). The largest absolute Gasteiger partial charge is 0.444 e. The molecule has 7 heteroatoms. The van der Waals surface area contributed by atoms with Gasteiger partial charge in [0.15, 0.2) is 0 Å². The van der Waals surface area contributed by atoms with Gasteiger partial charge in [-0.05, 0) is 43.2 Å². The number of carbonyl (C=O) groups is 2. The maximum absolute atomic E-state index is 13.3. The van der Waals surface area contributed by atoms with Crippen molar-refractivity contribution >= 4 is 11.9 Å². The molecule has 3 aromatic rings. The Morgan fingerprint density at radius 3 is 2.45 bits per heavy atom. The predicted molar refractivity (Wildman–Crippen MR) is 104 cm³/mol. The summed E-state index contributed by atoms with van der Waals surface area (Å²) in [6, 6.07) is 12.8. The molecule has 1 aliphatic rings. The summed E-state index contributed by atoms with van der Waals surface area (Å²) >= 11 is 0. The minimum absolute atomic E-state index is 0.0109. The van der Waals surface area contributed by atoms with Gasteiger partial charge in [-0.3, -0.25) is 9.69 Å². The lowest BCUT2D eigenvalue weighted by Gasteiger charge is -2.25. The van der Waals surface area contributed by atoms with Crippen molar-refractivity contribution in [1.29, 1.82) is 0 Å². The zero-order chi connectivity index (χ0) is 20.6. The Morgan fingerprint density at radius 1 is 1.10 bits per heavy atom. The van der Waals surface area contributed by atoms with Crippen molar-refractivity contribution in [1.82, 2.24) is 15.2 Å². The molecule has 1 aromatic heterocycles. The molecule has 148 valence electrons. The molecule has 3 amide bonds. The summed E-state index contributed by atoms with van der Waals surface area (Å²) in [4.78, 5) is 31.3. The normalized spacial score (nSPS) is 18.9. The summed E-state index contributed by atoms with van der Waals surface area (Å²) in [7, 11) is 0.